The van der Waals surface area contributed by atoms with Gasteiger partial charge in [0.05, 0.1) is 17.2 Å². The molecule has 2 fully saturated rings. The lowest BCUT2D eigenvalue weighted by Gasteiger charge is -2.29. The molecule has 0 aromatic heterocycles. The van der Waals surface area contributed by atoms with E-state index < -0.39 is 11.7 Å². The first kappa shape index (κ1) is 12.3. The van der Waals surface area contributed by atoms with Crippen molar-refractivity contribution in [2.45, 2.75) is 31.5 Å². The standard InChI is InChI=1S/C14H13F3N2/c15-14(16,17)13-6-12(4-2-10(13)7-18)19-8-9-1-3-11(19)5-9/h2,4,6,9,11H,1,3,5,8H2. The number of halogens is 3. The molecule has 2 aliphatic rings. The fraction of sp³-hybridized carbons (Fsp3) is 0.500. The van der Waals surface area contributed by atoms with Crippen molar-refractivity contribution in [2.75, 3.05) is 11.4 Å². The molecule has 0 spiro atoms. The minimum absolute atomic E-state index is 0.305. The van der Waals surface area contributed by atoms with Crippen molar-refractivity contribution in [1.82, 2.24) is 0 Å². The van der Waals surface area contributed by atoms with E-state index in [1.807, 2.05) is 0 Å². The maximum atomic E-state index is 12.9. The van der Waals surface area contributed by atoms with Crippen LogP contribution in [-0.4, -0.2) is 12.6 Å². The molecule has 1 saturated heterocycles. The summed E-state index contributed by atoms with van der Waals surface area (Å²) in [5.41, 5.74) is -0.533. The number of benzene rings is 1. The number of hydrogen-bond donors (Lipinski definition) is 0. The minimum atomic E-state index is -4.47. The molecule has 0 radical (unpaired) electrons. The van der Waals surface area contributed by atoms with E-state index in [2.05, 4.69) is 4.90 Å². The summed E-state index contributed by atoms with van der Waals surface area (Å²) in [4.78, 5) is 2.06. The number of nitriles is 1. The molecular weight excluding hydrogens is 253 g/mol. The van der Waals surface area contributed by atoms with Gasteiger partial charge in [-0.3, -0.25) is 0 Å². The summed E-state index contributed by atoms with van der Waals surface area (Å²) in [5.74, 6) is 0.620. The van der Waals surface area contributed by atoms with Crippen molar-refractivity contribution in [2.24, 2.45) is 5.92 Å². The van der Waals surface area contributed by atoms with Crippen LogP contribution in [-0.2, 0) is 6.18 Å². The molecule has 0 N–H and O–H groups in total. The van der Waals surface area contributed by atoms with Gasteiger partial charge in [-0.15, -0.1) is 0 Å². The summed E-state index contributed by atoms with van der Waals surface area (Å²) in [7, 11) is 0. The Morgan fingerprint density at radius 1 is 1.26 bits per heavy atom. The molecule has 2 atom stereocenters. The lowest BCUT2D eigenvalue weighted by Crippen LogP contribution is -2.32. The van der Waals surface area contributed by atoms with Gasteiger partial charge in [-0.05, 0) is 43.4 Å². The van der Waals surface area contributed by atoms with Gasteiger partial charge < -0.3 is 4.90 Å². The van der Waals surface area contributed by atoms with Crippen LogP contribution < -0.4 is 4.90 Å². The third-order valence-corrected chi connectivity index (χ3v) is 4.17. The summed E-state index contributed by atoms with van der Waals surface area (Å²) >= 11 is 0. The van der Waals surface area contributed by atoms with Gasteiger partial charge in [0.15, 0.2) is 0 Å². The summed E-state index contributed by atoms with van der Waals surface area (Å²) in [5, 5.41) is 8.78. The molecule has 1 aliphatic carbocycles. The van der Waals surface area contributed by atoms with Crippen molar-refractivity contribution in [3.8, 4) is 6.07 Å². The van der Waals surface area contributed by atoms with Gasteiger partial charge in [0.2, 0.25) is 0 Å². The zero-order valence-corrected chi connectivity index (χ0v) is 10.2. The summed E-state index contributed by atoms with van der Waals surface area (Å²) in [6.07, 6.45) is -1.14. The Kier molecular flexibility index (Phi) is 2.70. The highest BCUT2D eigenvalue weighted by molar-refractivity contribution is 5.56. The van der Waals surface area contributed by atoms with E-state index in [1.54, 1.807) is 12.1 Å². The molecule has 3 rings (SSSR count). The third-order valence-electron chi connectivity index (χ3n) is 4.17. The molecule has 2 nitrogen and oxygen atoms in total. The molecule has 1 aliphatic heterocycles. The molecule has 5 heteroatoms. The predicted molar refractivity (Wildman–Crippen MR) is 64.6 cm³/mol. The molecule has 2 unspecified atom stereocenters. The van der Waals surface area contributed by atoms with Gasteiger partial charge in [-0.2, -0.15) is 18.4 Å². The van der Waals surface area contributed by atoms with Crippen LogP contribution in [0.25, 0.3) is 0 Å². The van der Waals surface area contributed by atoms with E-state index in [0.717, 1.165) is 25.5 Å². The Bertz CT molecular complexity index is 545. The van der Waals surface area contributed by atoms with Crippen LogP contribution in [0.2, 0.25) is 0 Å². The van der Waals surface area contributed by atoms with Gasteiger partial charge >= 0.3 is 6.18 Å². The second-order valence-corrected chi connectivity index (χ2v) is 5.32. The van der Waals surface area contributed by atoms with E-state index in [-0.39, 0.29) is 5.56 Å². The second-order valence-electron chi connectivity index (χ2n) is 5.32. The number of alkyl halides is 3. The molecule has 0 amide bonds. The number of anilines is 1. The quantitative estimate of drug-likeness (QED) is 0.777. The highest BCUT2D eigenvalue weighted by Crippen LogP contribution is 2.42. The summed E-state index contributed by atoms with van der Waals surface area (Å²) in [6.45, 7) is 0.841. The molecule has 1 aromatic carbocycles. The van der Waals surface area contributed by atoms with Crippen LogP contribution in [0.5, 0.6) is 0 Å². The van der Waals surface area contributed by atoms with Crippen LogP contribution in [0, 0.1) is 17.2 Å². The molecule has 2 bridgehead atoms. The van der Waals surface area contributed by atoms with Gasteiger partial charge in [-0.1, -0.05) is 0 Å². The largest absolute Gasteiger partial charge is 0.417 e. The number of rotatable bonds is 1. The van der Waals surface area contributed by atoms with Crippen LogP contribution in [0.15, 0.2) is 18.2 Å². The molecular formula is C14H13F3N2. The summed E-state index contributed by atoms with van der Waals surface area (Å²) in [6, 6.07) is 6.03. The Labute approximate surface area is 109 Å². The van der Waals surface area contributed by atoms with E-state index in [0.29, 0.717) is 17.6 Å². The highest BCUT2D eigenvalue weighted by atomic mass is 19.4. The minimum Gasteiger partial charge on any atom is -0.368 e. The zero-order chi connectivity index (χ0) is 13.6. The number of hydrogen-bond acceptors (Lipinski definition) is 2. The van der Waals surface area contributed by atoms with E-state index >= 15 is 0 Å². The van der Waals surface area contributed by atoms with Crippen LogP contribution in [0.1, 0.15) is 30.4 Å². The normalized spacial score (nSPS) is 25.7. The topological polar surface area (TPSA) is 27.0 Å². The SMILES string of the molecule is N#Cc1ccc(N2CC3CCC2C3)cc1C(F)(F)F. The van der Waals surface area contributed by atoms with Gasteiger partial charge in [0, 0.05) is 18.3 Å². The monoisotopic (exact) mass is 266 g/mol. The van der Waals surface area contributed by atoms with Crippen molar-refractivity contribution in [3.05, 3.63) is 29.3 Å². The maximum absolute atomic E-state index is 12.9. The lowest BCUT2D eigenvalue weighted by molar-refractivity contribution is -0.137. The molecule has 100 valence electrons. The van der Waals surface area contributed by atoms with Crippen LogP contribution >= 0.6 is 0 Å². The Morgan fingerprint density at radius 3 is 2.58 bits per heavy atom. The molecule has 1 aromatic rings. The Morgan fingerprint density at radius 2 is 2.05 bits per heavy atom. The highest BCUT2D eigenvalue weighted by Gasteiger charge is 2.39. The fourth-order valence-corrected chi connectivity index (χ4v) is 3.28. The number of fused-ring (bicyclic) bond motifs is 2. The van der Waals surface area contributed by atoms with Crippen molar-refractivity contribution >= 4 is 5.69 Å². The van der Waals surface area contributed by atoms with Crippen molar-refractivity contribution in [1.29, 1.82) is 5.26 Å². The van der Waals surface area contributed by atoms with Crippen molar-refractivity contribution < 1.29 is 13.2 Å². The molecule has 1 heterocycles. The maximum Gasteiger partial charge on any atom is 0.417 e. The predicted octanol–water partition coefficient (Wildman–Crippen LogP) is 3.57. The van der Waals surface area contributed by atoms with Crippen LogP contribution in [0.4, 0.5) is 18.9 Å². The Balaban J connectivity index is 1.98. The number of nitrogens with zero attached hydrogens (tertiary/aromatic N) is 2. The van der Waals surface area contributed by atoms with Crippen molar-refractivity contribution in [3.63, 3.8) is 0 Å². The first-order valence-electron chi connectivity index (χ1n) is 6.37. The van der Waals surface area contributed by atoms with E-state index in [1.165, 1.54) is 12.5 Å². The first-order chi connectivity index (χ1) is 8.99. The summed E-state index contributed by atoms with van der Waals surface area (Å²) < 4.78 is 38.8. The third kappa shape index (κ3) is 2.05. The molecule has 1 saturated carbocycles. The van der Waals surface area contributed by atoms with Gasteiger partial charge in [0.1, 0.15) is 0 Å². The second kappa shape index (κ2) is 4.16. The Hall–Kier alpha value is -1.70. The van der Waals surface area contributed by atoms with Crippen LogP contribution in [0.3, 0.4) is 0 Å². The fourth-order valence-electron chi connectivity index (χ4n) is 3.28. The first-order valence-corrected chi connectivity index (χ1v) is 6.37. The van der Waals surface area contributed by atoms with E-state index in [9.17, 15) is 13.2 Å². The zero-order valence-electron chi connectivity index (χ0n) is 10.2. The number of piperidine rings is 1. The average Bonchev–Trinajstić information content (AvgIpc) is 2.99. The van der Waals surface area contributed by atoms with Gasteiger partial charge in [0.25, 0.3) is 0 Å². The van der Waals surface area contributed by atoms with E-state index in [4.69, 9.17) is 5.26 Å². The average molecular weight is 266 g/mol. The smallest absolute Gasteiger partial charge is 0.368 e. The lowest BCUT2D eigenvalue weighted by atomic mass is 10.0. The molecule has 19 heavy (non-hydrogen) atoms. The van der Waals surface area contributed by atoms with Gasteiger partial charge in [-0.25, -0.2) is 0 Å².